The number of nitrogens with one attached hydrogen (secondary N) is 1. The fraction of sp³-hybridized carbons (Fsp3) is 0.333. The number of hydrogen-bond acceptors (Lipinski definition) is 3. The summed E-state index contributed by atoms with van der Waals surface area (Å²) < 4.78 is 5.21. The number of ether oxygens (including phenoxy) is 1. The smallest absolute Gasteiger partial charge is 0.254 e. The summed E-state index contributed by atoms with van der Waals surface area (Å²) in [6.45, 7) is 3.11. The minimum atomic E-state index is -0.984. The molecule has 1 aromatic heterocycles. The van der Waals surface area contributed by atoms with Crippen LogP contribution in [0.4, 0.5) is 0 Å². The van der Waals surface area contributed by atoms with Gasteiger partial charge in [-0.3, -0.25) is 9.59 Å². The Morgan fingerprint density at radius 3 is 2.63 bits per heavy atom. The van der Waals surface area contributed by atoms with Crippen molar-refractivity contribution in [2.45, 2.75) is 25.3 Å². The van der Waals surface area contributed by atoms with Gasteiger partial charge in [-0.15, -0.1) is 0 Å². The lowest BCUT2D eigenvalue weighted by molar-refractivity contribution is -0.165. The average molecular weight is 403 g/mol. The zero-order chi connectivity index (χ0) is 20.9. The van der Waals surface area contributed by atoms with Crippen molar-refractivity contribution in [3.63, 3.8) is 0 Å². The highest BCUT2D eigenvalue weighted by molar-refractivity contribution is 6.00. The number of aromatic amines is 1. The van der Waals surface area contributed by atoms with Gasteiger partial charge >= 0.3 is 0 Å². The second kappa shape index (κ2) is 6.90. The molecule has 6 nitrogen and oxygen atoms in total. The van der Waals surface area contributed by atoms with Crippen molar-refractivity contribution in [3.05, 3.63) is 65.4 Å². The van der Waals surface area contributed by atoms with Crippen LogP contribution in [0.2, 0.25) is 0 Å². The minimum absolute atomic E-state index is 0.0103. The molecule has 30 heavy (non-hydrogen) atoms. The van der Waals surface area contributed by atoms with E-state index in [9.17, 15) is 9.59 Å². The summed E-state index contributed by atoms with van der Waals surface area (Å²) in [4.78, 5) is 33.6. The lowest BCUT2D eigenvalue weighted by Crippen LogP contribution is -2.67. The molecule has 1 unspecified atom stereocenters. The van der Waals surface area contributed by atoms with E-state index < -0.39 is 5.54 Å². The van der Waals surface area contributed by atoms with Gasteiger partial charge in [-0.05, 0) is 49.1 Å². The van der Waals surface area contributed by atoms with Gasteiger partial charge in [-0.25, -0.2) is 0 Å². The first-order chi connectivity index (χ1) is 14.5. The molecule has 0 spiro atoms. The Kier molecular flexibility index (Phi) is 4.31. The molecule has 2 amide bonds. The lowest BCUT2D eigenvalue weighted by Gasteiger charge is -2.49. The van der Waals surface area contributed by atoms with Crippen molar-refractivity contribution in [3.8, 4) is 5.75 Å². The molecule has 3 aromatic rings. The van der Waals surface area contributed by atoms with Gasteiger partial charge in [0.15, 0.2) is 5.54 Å². The summed E-state index contributed by atoms with van der Waals surface area (Å²) >= 11 is 0. The van der Waals surface area contributed by atoms with E-state index in [0.717, 1.165) is 39.9 Å². The number of H-pyrrole nitrogens is 1. The first-order valence-electron chi connectivity index (χ1n) is 10.3. The first-order valence-corrected chi connectivity index (χ1v) is 10.3. The number of methoxy groups -OCH3 is 1. The Morgan fingerprint density at radius 1 is 1.10 bits per heavy atom. The Morgan fingerprint density at radius 2 is 1.87 bits per heavy atom. The molecule has 2 aliphatic heterocycles. The summed E-state index contributed by atoms with van der Waals surface area (Å²) in [5.74, 6) is 0.805. The van der Waals surface area contributed by atoms with Crippen molar-refractivity contribution < 1.29 is 14.3 Å². The number of carbonyl (C=O) groups excluding carboxylic acids is 2. The largest absolute Gasteiger partial charge is 0.497 e. The van der Waals surface area contributed by atoms with E-state index in [4.69, 9.17) is 4.74 Å². The van der Waals surface area contributed by atoms with Crippen LogP contribution < -0.4 is 4.74 Å². The number of para-hydroxylation sites is 1. The summed E-state index contributed by atoms with van der Waals surface area (Å²) in [5.41, 5.74) is 3.16. The molecule has 0 aliphatic carbocycles. The fourth-order valence-electron chi connectivity index (χ4n) is 4.92. The summed E-state index contributed by atoms with van der Waals surface area (Å²) in [7, 11) is 1.64. The van der Waals surface area contributed by atoms with Crippen molar-refractivity contribution >= 4 is 22.7 Å². The maximum absolute atomic E-state index is 13.7. The van der Waals surface area contributed by atoms with Crippen LogP contribution in [0.25, 0.3) is 10.9 Å². The topological polar surface area (TPSA) is 65.6 Å². The number of aromatic nitrogens is 1. The van der Waals surface area contributed by atoms with Crippen LogP contribution in [0.1, 0.15) is 23.7 Å². The molecule has 1 N–H and O–H groups in total. The van der Waals surface area contributed by atoms with E-state index in [0.29, 0.717) is 19.5 Å². The Bertz CT molecular complexity index is 1130. The summed E-state index contributed by atoms with van der Waals surface area (Å²) in [5, 5.41) is 1.14. The summed E-state index contributed by atoms with van der Waals surface area (Å²) in [6, 6.07) is 15.9. The maximum atomic E-state index is 13.7. The molecule has 2 aromatic carbocycles. The molecular formula is C24H25N3O3. The molecule has 6 heteroatoms. The van der Waals surface area contributed by atoms with E-state index >= 15 is 0 Å². The van der Waals surface area contributed by atoms with Crippen LogP contribution in [-0.2, 0) is 28.0 Å². The van der Waals surface area contributed by atoms with Crippen molar-refractivity contribution in [2.24, 2.45) is 0 Å². The third kappa shape index (κ3) is 2.70. The average Bonchev–Trinajstić information content (AvgIpc) is 3.16. The van der Waals surface area contributed by atoms with Gasteiger partial charge in [0.05, 0.1) is 19.3 Å². The van der Waals surface area contributed by atoms with Crippen molar-refractivity contribution in [1.29, 1.82) is 0 Å². The van der Waals surface area contributed by atoms with E-state index in [1.807, 2.05) is 49.4 Å². The molecule has 0 radical (unpaired) electrons. The standard InChI is InChI=1S/C24H25N3O3/c1-24-22-19(18-5-3-4-6-20(18)25-22)12-14-27(24)21(28)15-26(23(24)29)13-11-16-7-9-17(30-2)10-8-16/h3-10,25H,11-15H2,1-2H3. The molecular weight excluding hydrogens is 378 g/mol. The molecule has 1 fully saturated rings. The van der Waals surface area contributed by atoms with Crippen LogP contribution in [-0.4, -0.2) is 53.3 Å². The fourth-order valence-corrected chi connectivity index (χ4v) is 4.92. The van der Waals surface area contributed by atoms with E-state index in [1.54, 1.807) is 16.9 Å². The molecule has 3 heterocycles. The number of fused-ring (bicyclic) bond motifs is 5. The number of hydrogen-bond donors (Lipinski definition) is 1. The van der Waals surface area contributed by atoms with Crippen LogP contribution in [0, 0.1) is 0 Å². The van der Waals surface area contributed by atoms with Gasteiger partial charge in [0, 0.05) is 24.0 Å². The monoisotopic (exact) mass is 403 g/mol. The van der Waals surface area contributed by atoms with Gasteiger partial charge < -0.3 is 19.5 Å². The van der Waals surface area contributed by atoms with Crippen LogP contribution >= 0.6 is 0 Å². The molecule has 1 atom stereocenters. The highest BCUT2D eigenvalue weighted by Crippen LogP contribution is 2.41. The van der Waals surface area contributed by atoms with Crippen LogP contribution in [0.5, 0.6) is 5.75 Å². The van der Waals surface area contributed by atoms with Gasteiger partial charge in [0.25, 0.3) is 5.91 Å². The van der Waals surface area contributed by atoms with Crippen LogP contribution in [0.3, 0.4) is 0 Å². The number of amides is 2. The quantitative estimate of drug-likeness (QED) is 0.729. The van der Waals surface area contributed by atoms with E-state index in [1.165, 1.54) is 0 Å². The molecule has 0 bridgehead atoms. The number of rotatable bonds is 4. The highest BCUT2D eigenvalue weighted by atomic mass is 16.5. The Labute approximate surface area is 175 Å². The predicted molar refractivity (Wildman–Crippen MR) is 114 cm³/mol. The zero-order valence-electron chi connectivity index (χ0n) is 17.3. The van der Waals surface area contributed by atoms with E-state index in [-0.39, 0.29) is 18.4 Å². The van der Waals surface area contributed by atoms with E-state index in [2.05, 4.69) is 11.1 Å². The Balaban J connectivity index is 1.46. The molecule has 5 rings (SSSR count). The second-order valence-electron chi connectivity index (χ2n) is 8.22. The van der Waals surface area contributed by atoms with Gasteiger partial charge in [-0.1, -0.05) is 30.3 Å². The molecule has 154 valence electrons. The number of benzene rings is 2. The maximum Gasteiger partial charge on any atom is 0.254 e. The van der Waals surface area contributed by atoms with Gasteiger partial charge in [0.1, 0.15) is 5.75 Å². The number of carbonyl (C=O) groups is 2. The SMILES string of the molecule is COc1ccc(CCN2CC(=O)N3CCc4c([nH]c5ccccc45)C3(C)C2=O)cc1. The summed E-state index contributed by atoms with van der Waals surface area (Å²) in [6.07, 6.45) is 1.46. The van der Waals surface area contributed by atoms with Gasteiger partial charge in [0.2, 0.25) is 5.91 Å². The third-order valence-electron chi connectivity index (χ3n) is 6.59. The Hall–Kier alpha value is -3.28. The van der Waals surface area contributed by atoms with Crippen molar-refractivity contribution in [1.82, 2.24) is 14.8 Å². The number of nitrogens with zero attached hydrogens (tertiary/aromatic N) is 2. The first kappa shape index (κ1) is 18.7. The third-order valence-corrected chi connectivity index (χ3v) is 6.59. The molecule has 1 saturated heterocycles. The highest BCUT2D eigenvalue weighted by Gasteiger charge is 2.53. The van der Waals surface area contributed by atoms with Crippen LogP contribution in [0.15, 0.2) is 48.5 Å². The lowest BCUT2D eigenvalue weighted by atomic mass is 9.83. The number of piperazine rings is 1. The normalized spacial score (nSPS) is 21.0. The second-order valence-corrected chi connectivity index (χ2v) is 8.22. The molecule has 2 aliphatic rings. The van der Waals surface area contributed by atoms with Crippen molar-refractivity contribution in [2.75, 3.05) is 26.7 Å². The minimum Gasteiger partial charge on any atom is -0.497 e. The molecule has 0 saturated carbocycles. The van der Waals surface area contributed by atoms with Gasteiger partial charge in [-0.2, -0.15) is 0 Å². The predicted octanol–water partition coefficient (Wildman–Crippen LogP) is 2.86. The zero-order valence-corrected chi connectivity index (χ0v) is 17.3.